The zero-order valence-electron chi connectivity index (χ0n) is 14.3. The maximum atomic E-state index is 11.8. The Labute approximate surface area is 146 Å². The minimum Gasteiger partial charge on any atom is -0.378 e. The van der Waals surface area contributed by atoms with Gasteiger partial charge in [0.25, 0.3) is 0 Å². The van der Waals surface area contributed by atoms with Crippen LogP contribution < -0.4 is 10.5 Å². The van der Waals surface area contributed by atoms with E-state index in [1.54, 1.807) is 0 Å². The summed E-state index contributed by atoms with van der Waals surface area (Å²) in [5.74, 6) is 0.411. The predicted molar refractivity (Wildman–Crippen MR) is 97.6 cm³/mol. The molecule has 0 fully saturated rings. The van der Waals surface area contributed by atoms with Gasteiger partial charge >= 0.3 is 0 Å². The Morgan fingerprint density at radius 2 is 1.61 bits per heavy atom. The molecule has 0 heterocycles. The predicted octanol–water partition coefficient (Wildman–Crippen LogP) is 2.58. The maximum absolute atomic E-state index is 11.8. The van der Waals surface area contributed by atoms with E-state index in [1.165, 1.54) is 5.56 Å². The third-order valence-electron chi connectivity index (χ3n) is 3.36. The lowest BCUT2D eigenvalue weighted by Gasteiger charge is -2.15. The summed E-state index contributed by atoms with van der Waals surface area (Å²) in [5.41, 5.74) is 8.21. The van der Waals surface area contributed by atoms with Crippen LogP contribution in [0.15, 0.2) is 24.3 Å². The lowest BCUT2D eigenvalue weighted by molar-refractivity contribution is 0.0911. The molecule has 0 radical (unpaired) electrons. The standard InChI is InChI=1S/C16H28N2O3S.ClH/c1-12(2)14-5-7-15(8-6-14)16(17)11-18-22(19,20)10-9-21-13(3)4;/h5-8,12-13,16,18H,9-11,17H2,1-4H3;1H. The zero-order chi connectivity index (χ0) is 16.8. The van der Waals surface area contributed by atoms with Crippen molar-refractivity contribution in [2.24, 2.45) is 5.73 Å². The van der Waals surface area contributed by atoms with Gasteiger partial charge in [0.2, 0.25) is 10.0 Å². The van der Waals surface area contributed by atoms with E-state index in [-0.39, 0.29) is 43.5 Å². The average Bonchev–Trinajstić information content (AvgIpc) is 2.44. The Morgan fingerprint density at radius 3 is 2.09 bits per heavy atom. The van der Waals surface area contributed by atoms with Gasteiger partial charge in [-0.05, 0) is 30.9 Å². The van der Waals surface area contributed by atoms with Crippen molar-refractivity contribution in [2.45, 2.75) is 45.8 Å². The fraction of sp³-hybridized carbons (Fsp3) is 0.625. The van der Waals surface area contributed by atoms with E-state index in [1.807, 2.05) is 38.1 Å². The van der Waals surface area contributed by atoms with Gasteiger partial charge in [-0.3, -0.25) is 0 Å². The number of hydrogen-bond donors (Lipinski definition) is 2. The monoisotopic (exact) mass is 364 g/mol. The number of rotatable bonds is 9. The van der Waals surface area contributed by atoms with Crippen LogP contribution in [0.5, 0.6) is 0 Å². The lowest BCUT2D eigenvalue weighted by atomic mass is 9.99. The molecule has 1 atom stereocenters. The first-order valence-corrected chi connectivity index (χ1v) is 9.31. The van der Waals surface area contributed by atoms with Crippen molar-refractivity contribution < 1.29 is 13.2 Å². The minimum atomic E-state index is -3.36. The molecule has 1 unspecified atom stereocenters. The van der Waals surface area contributed by atoms with E-state index in [4.69, 9.17) is 10.5 Å². The smallest absolute Gasteiger partial charge is 0.213 e. The van der Waals surface area contributed by atoms with Gasteiger partial charge in [-0.1, -0.05) is 38.1 Å². The van der Waals surface area contributed by atoms with E-state index < -0.39 is 10.0 Å². The molecule has 0 amide bonds. The van der Waals surface area contributed by atoms with Gasteiger partial charge in [-0.2, -0.15) is 0 Å². The van der Waals surface area contributed by atoms with E-state index in [0.29, 0.717) is 5.92 Å². The van der Waals surface area contributed by atoms with E-state index in [0.717, 1.165) is 5.56 Å². The highest BCUT2D eigenvalue weighted by molar-refractivity contribution is 7.89. The third kappa shape index (κ3) is 8.67. The number of nitrogens with two attached hydrogens (primary N) is 1. The first-order valence-electron chi connectivity index (χ1n) is 7.65. The van der Waals surface area contributed by atoms with Crippen LogP contribution in [0.1, 0.15) is 50.8 Å². The highest BCUT2D eigenvalue weighted by Crippen LogP contribution is 2.17. The summed E-state index contributed by atoms with van der Waals surface area (Å²) in [6, 6.07) is 7.61. The van der Waals surface area contributed by atoms with Crippen molar-refractivity contribution in [1.82, 2.24) is 4.72 Å². The normalized spacial score (nSPS) is 13.2. The number of benzene rings is 1. The SMILES string of the molecule is CC(C)OCCS(=O)(=O)NCC(N)c1ccc(C(C)C)cc1.Cl. The molecule has 1 aromatic carbocycles. The third-order valence-corrected chi connectivity index (χ3v) is 4.67. The molecule has 23 heavy (non-hydrogen) atoms. The van der Waals surface area contributed by atoms with Crippen LogP contribution in [0.2, 0.25) is 0 Å². The Morgan fingerprint density at radius 1 is 1.09 bits per heavy atom. The number of nitrogens with one attached hydrogen (secondary N) is 1. The van der Waals surface area contributed by atoms with Crippen LogP contribution >= 0.6 is 12.4 Å². The first kappa shape index (κ1) is 22.3. The quantitative estimate of drug-likeness (QED) is 0.705. The maximum Gasteiger partial charge on any atom is 0.213 e. The Hall–Kier alpha value is -0.660. The Kier molecular flexibility index (Phi) is 9.96. The van der Waals surface area contributed by atoms with Crippen molar-refractivity contribution in [3.05, 3.63) is 35.4 Å². The number of ether oxygens (including phenoxy) is 1. The average molecular weight is 365 g/mol. The van der Waals surface area contributed by atoms with Gasteiger partial charge in [-0.15, -0.1) is 12.4 Å². The molecule has 134 valence electrons. The van der Waals surface area contributed by atoms with Gasteiger partial charge < -0.3 is 10.5 Å². The summed E-state index contributed by atoms with van der Waals surface area (Å²) >= 11 is 0. The highest BCUT2D eigenvalue weighted by atomic mass is 35.5. The number of sulfonamides is 1. The van der Waals surface area contributed by atoms with Crippen LogP contribution in [0, 0.1) is 0 Å². The molecule has 1 rings (SSSR count). The molecule has 0 saturated heterocycles. The minimum absolute atomic E-state index is 0. The molecule has 0 aliphatic rings. The van der Waals surface area contributed by atoms with Crippen LogP contribution in [-0.4, -0.2) is 33.4 Å². The van der Waals surface area contributed by atoms with Crippen molar-refractivity contribution >= 4 is 22.4 Å². The molecular formula is C16H29ClN2O3S. The van der Waals surface area contributed by atoms with Crippen LogP contribution in [0.4, 0.5) is 0 Å². The molecule has 0 aromatic heterocycles. The first-order chi connectivity index (χ1) is 10.2. The van der Waals surface area contributed by atoms with Gasteiger partial charge in [0.1, 0.15) is 0 Å². The molecule has 0 bridgehead atoms. The summed E-state index contributed by atoms with van der Waals surface area (Å²) in [6.45, 7) is 8.37. The Balaban J connectivity index is 0.00000484. The zero-order valence-corrected chi connectivity index (χ0v) is 15.9. The summed E-state index contributed by atoms with van der Waals surface area (Å²) in [4.78, 5) is 0. The molecule has 1 aromatic rings. The molecule has 5 nitrogen and oxygen atoms in total. The molecule has 0 aliphatic carbocycles. The van der Waals surface area contributed by atoms with Crippen molar-refractivity contribution in [1.29, 1.82) is 0 Å². The largest absolute Gasteiger partial charge is 0.378 e. The molecule has 0 aliphatic heterocycles. The van der Waals surface area contributed by atoms with Crippen molar-refractivity contribution in [3.63, 3.8) is 0 Å². The second kappa shape index (κ2) is 10.3. The topological polar surface area (TPSA) is 81.4 Å². The van der Waals surface area contributed by atoms with Gasteiger partial charge in [0, 0.05) is 12.6 Å². The number of hydrogen-bond acceptors (Lipinski definition) is 4. The van der Waals surface area contributed by atoms with Crippen LogP contribution in [-0.2, 0) is 14.8 Å². The van der Waals surface area contributed by atoms with Gasteiger partial charge in [0.15, 0.2) is 0 Å². The van der Waals surface area contributed by atoms with E-state index >= 15 is 0 Å². The molecule has 3 N–H and O–H groups in total. The molecule has 7 heteroatoms. The second-order valence-corrected chi connectivity index (χ2v) is 7.94. The van der Waals surface area contributed by atoms with Crippen molar-refractivity contribution in [2.75, 3.05) is 18.9 Å². The summed E-state index contributed by atoms with van der Waals surface area (Å²) in [5, 5.41) is 0. The van der Waals surface area contributed by atoms with E-state index in [9.17, 15) is 8.42 Å². The molecule has 0 saturated carbocycles. The van der Waals surface area contributed by atoms with E-state index in [2.05, 4.69) is 18.6 Å². The van der Waals surface area contributed by atoms with Gasteiger partial charge in [-0.25, -0.2) is 13.1 Å². The number of halogens is 1. The molecule has 0 spiro atoms. The fourth-order valence-electron chi connectivity index (χ4n) is 1.93. The van der Waals surface area contributed by atoms with Crippen LogP contribution in [0.3, 0.4) is 0 Å². The molecular weight excluding hydrogens is 336 g/mol. The van der Waals surface area contributed by atoms with Gasteiger partial charge in [0.05, 0.1) is 18.5 Å². The summed E-state index contributed by atoms with van der Waals surface area (Å²) in [7, 11) is -3.36. The summed E-state index contributed by atoms with van der Waals surface area (Å²) in [6.07, 6.45) is 0.0249. The highest BCUT2D eigenvalue weighted by Gasteiger charge is 2.14. The Bertz CT molecular complexity index is 545. The van der Waals surface area contributed by atoms with Crippen molar-refractivity contribution in [3.8, 4) is 0 Å². The summed E-state index contributed by atoms with van der Waals surface area (Å²) < 4.78 is 31.5. The van der Waals surface area contributed by atoms with Crippen LogP contribution in [0.25, 0.3) is 0 Å². The lowest BCUT2D eigenvalue weighted by Crippen LogP contribution is -2.34. The fourth-order valence-corrected chi connectivity index (χ4v) is 2.82. The second-order valence-electron chi connectivity index (χ2n) is 6.01.